The molecule has 0 aliphatic rings. The lowest BCUT2D eigenvalue weighted by Gasteiger charge is -2.21. The molecule has 320 valence electrons. The molecule has 68 heavy (non-hydrogen) atoms. The van der Waals surface area contributed by atoms with Crippen LogP contribution in [0.3, 0.4) is 0 Å². The van der Waals surface area contributed by atoms with Crippen LogP contribution in [-0.4, -0.2) is 27.0 Å². The van der Waals surface area contributed by atoms with Crippen LogP contribution in [0, 0.1) is 5.41 Å². The van der Waals surface area contributed by atoms with Crippen molar-refractivity contribution in [1.29, 1.82) is 5.41 Å². The first-order chi connectivity index (χ1) is 33.7. The standard InChI is InChI=1S/C63H43N5/c64-62(66-63(48-25-11-4-12-26-48)65-42-43-33-35-45(36-34-43)44-19-5-1-6-20-44)49-39-54(46-21-7-2-8-22-46)61(55(40-49)47-23-9-3-10-24-47)68-59-32-18-15-29-53(59)56-41-50(37-38-60(56)68)67-57-30-16-13-27-51(57)52-28-14-17-31-58(52)67/h1-42,64H. The van der Waals surface area contributed by atoms with E-state index in [1.807, 2.05) is 54.7 Å². The van der Waals surface area contributed by atoms with Gasteiger partial charge < -0.3 is 9.13 Å². The maximum Gasteiger partial charge on any atom is 0.161 e. The molecule has 1 N–H and O–H groups in total. The number of nitrogens with zero attached hydrogens (tertiary/aromatic N) is 4. The van der Waals surface area contributed by atoms with Crippen molar-refractivity contribution in [2.75, 3.05) is 0 Å². The minimum absolute atomic E-state index is 0.111. The van der Waals surface area contributed by atoms with E-state index in [1.165, 1.54) is 21.8 Å². The molecule has 0 aliphatic carbocycles. The molecule has 0 unspecified atom stereocenters. The highest BCUT2D eigenvalue weighted by atomic mass is 15.0. The lowest BCUT2D eigenvalue weighted by Crippen LogP contribution is -2.07. The summed E-state index contributed by atoms with van der Waals surface area (Å²) in [6.07, 6.45) is 1.83. The van der Waals surface area contributed by atoms with E-state index in [4.69, 9.17) is 9.98 Å². The second kappa shape index (κ2) is 17.3. The Morgan fingerprint density at radius 3 is 1.37 bits per heavy atom. The van der Waals surface area contributed by atoms with Gasteiger partial charge in [-0.1, -0.05) is 200 Å². The first kappa shape index (κ1) is 40.3. The van der Waals surface area contributed by atoms with Gasteiger partial charge in [-0.05, 0) is 76.3 Å². The van der Waals surface area contributed by atoms with Gasteiger partial charge in [0.15, 0.2) is 11.7 Å². The number of hydrogen-bond acceptors (Lipinski definition) is 1. The fourth-order valence-corrected chi connectivity index (χ4v) is 9.68. The Labute approximate surface area is 394 Å². The zero-order chi connectivity index (χ0) is 45.4. The van der Waals surface area contributed by atoms with E-state index in [0.717, 1.165) is 77.7 Å². The summed E-state index contributed by atoms with van der Waals surface area (Å²) in [7, 11) is 0. The normalized spacial score (nSPS) is 11.9. The molecule has 0 fully saturated rings. The highest BCUT2D eigenvalue weighted by molar-refractivity contribution is 6.16. The summed E-state index contributed by atoms with van der Waals surface area (Å²) in [5.74, 6) is 0.565. The SMILES string of the molecule is N=C(N=C(N=Cc1ccc(-c2ccccc2)cc1)c1ccccc1)c1cc(-c2ccccc2)c(-n2c3ccccc3c3cc(-n4c5ccccc5c5ccccc54)ccc32)c(-c2ccccc2)c1. The molecule has 0 saturated carbocycles. The topological polar surface area (TPSA) is 58.4 Å². The summed E-state index contributed by atoms with van der Waals surface area (Å²) >= 11 is 0. The quantitative estimate of drug-likeness (QED) is 0.117. The van der Waals surface area contributed by atoms with Crippen molar-refractivity contribution in [3.63, 3.8) is 0 Å². The number of amidine groups is 2. The lowest BCUT2D eigenvalue weighted by molar-refractivity contribution is 1.17. The molecule has 10 aromatic carbocycles. The van der Waals surface area contributed by atoms with Crippen LogP contribution in [0.1, 0.15) is 16.7 Å². The highest BCUT2D eigenvalue weighted by Crippen LogP contribution is 2.43. The van der Waals surface area contributed by atoms with Crippen LogP contribution in [0.15, 0.2) is 259 Å². The maximum absolute atomic E-state index is 9.78. The minimum atomic E-state index is 0.111. The summed E-state index contributed by atoms with van der Waals surface area (Å²) in [4.78, 5) is 9.99. The van der Waals surface area contributed by atoms with Crippen molar-refractivity contribution in [3.05, 3.63) is 265 Å². The van der Waals surface area contributed by atoms with Crippen molar-refractivity contribution < 1.29 is 0 Å². The van der Waals surface area contributed by atoms with Crippen LogP contribution >= 0.6 is 0 Å². The van der Waals surface area contributed by atoms with Crippen molar-refractivity contribution >= 4 is 61.5 Å². The predicted octanol–water partition coefficient (Wildman–Crippen LogP) is 15.8. The molecule has 0 saturated heterocycles. The number of para-hydroxylation sites is 3. The fourth-order valence-electron chi connectivity index (χ4n) is 9.68. The fraction of sp³-hybridized carbons (Fsp3) is 0. The molecule has 12 aromatic rings. The number of rotatable bonds is 8. The van der Waals surface area contributed by atoms with Crippen LogP contribution in [0.4, 0.5) is 0 Å². The number of nitrogens with one attached hydrogen (secondary N) is 1. The molecular weight excluding hydrogens is 827 g/mol. The molecule has 0 bridgehead atoms. The molecular formula is C63H43N5. The van der Waals surface area contributed by atoms with E-state index >= 15 is 0 Å². The van der Waals surface area contributed by atoms with Crippen molar-refractivity contribution in [2.45, 2.75) is 0 Å². The third-order valence-corrected chi connectivity index (χ3v) is 12.9. The van der Waals surface area contributed by atoms with E-state index in [-0.39, 0.29) is 5.84 Å². The molecule has 5 nitrogen and oxygen atoms in total. The van der Waals surface area contributed by atoms with Gasteiger partial charge in [0.2, 0.25) is 0 Å². The van der Waals surface area contributed by atoms with Crippen LogP contribution in [0.5, 0.6) is 0 Å². The molecule has 2 heterocycles. The van der Waals surface area contributed by atoms with Gasteiger partial charge in [0, 0.05) is 55.7 Å². The molecule has 0 atom stereocenters. The Morgan fingerprint density at radius 1 is 0.368 bits per heavy atom. The van der Waals surface area contributed by atoms with E-state index in [2.05, 4.69) is 209 Å². The Hall–Kier alpha value is -9.19. The van der Waals surface area contributed by atoms with Crippen LogP contribution in [-0.2, 0) is 0 Å². The third-order valence-electron chi connectivity index (χ3n) is 12.9. The zero-order valence-corrected chi connectivity index (χ0v) is 37.0. The summed E-state index contributed by atoms with van der Waals surface area (Å²) in [5.41, 5.74) is 15.4. The van der Waals surface area contributed by atoms with Gasteiger partial charge in [-0.25, -0.2) is 9.98 Å². The third kappa shape index (κ3) is 7.29. The van der Waals surface area contributed by atoms with Gasteiger partial charge in [-0.3, -0.25) is 5.41 Å². The summed E-state index contributed by atoms with van der Waals surface area (Å²) in [6.45, 7) is 0. The summed E-state index contributed by atoms with van der Waals surface area (Å²) in [5, 5.41) is 14.6. The van der Waals surface area contributed by atoms with E-state index in [9.17, 15) is 5.41 Å². The monoisotopic (exact) mass is 869 g/mol. The van der Waals surface area contributed by atoms with Gasteiger partial charge in [0.1, 0.15) is 0 Å². The summed E-state index contributed by atoms with van der Waals surface area (Å²) in [6, 6.07) is 86.8. The zero-order valence-electron chi connectivity index (χ0n) is 37.0. The summed E-state index contributed by atoms with van der Waals surface area (Å²) < 4.78 is 4.81. The Balaban J connectivity index is 1.05. The Morgan fingerprint density at radius 2 is 0.809 bits per heavy atom. The smallest absolute Gasteiger partial charge is 0.161 e. The van der Waals surface area contributed by atoms with Crippen LogP contribution < -0.4 is 0 Å². The maximum atomic E-state index is 9.78. The first-order valence-electron chi connectivity index (χ1n) is 22.9. The van der Waals surface area contributed by atoms with E-state index in [1.54, 1.807) is 0 Å². The predicted molar refractivity (Wildman–Crippen MR) is 285 cm³/mol. The molecule has 0 aliphatic heterocycles. The molecule has 0 radical (unpaired) electrons. The molecule has 0 spiro atoms. The molecule has 0 amide bonds. The second-order valence-electron chi connectivity index (χ2n) is 17.0. The van der Waals surface area contributed by atoms with Crippen LogP contribution in [0.2, 0.25) is 0 Å². The average molecular weight is 870 g/mol. The van der Waals surface area contributed by atoms with Gasteiger partial charge in [0.25, 0.3) is 0 Å². The van der Waals surface area contributed by atoms with Gasteiger partial charge in [-0.15, -0.1) is 0 Å². The Kier molecular flexibility index (Phi) is 10.3. The number of fused-ring (bicyclic) bond motifs is 6. The van der Waals surface area contributed by atoms with E-state index < -0.39 is 0 Å². The number of hydrogen-bond donors (Lipinski definition) is 1. The number of aliphatic imine (C=N–C) groups is 2. The van der Waals surface area contributed by atoms with Gasteiger partial charge >= 0.3 is 0 Å². The van der Waals surface area contributed by atoms with Crippen LogP contribution in [0.25, 0.3) is 88.4 Å². The average Bonchev–Trinajstić information content (AvgIpc) is 3.93. The molecule has 12 rings (SSSR count). The minimum Gasteiger partial charge on any atom is -0.309 e. The lowest BCUT2D eigenvalue weighted by atomic mass is 9.92. The number of benzene rings is 10. The molecule has 2 aromatic heterocycles. The first-order valence-corrected chi connectivity index (χ1v) is 22.9. The largest absolute Gasteiger partial charge is 0.309 e. The molecule has 5 heteroatoms. The van der Waals surface area contributed by atoms with E-state index in [0.29, 0.717) is 11.4 Å². The number of aromatic nitrogens is 2. The second-order valence-corrected chi connectivity index (χ2v) is 17.0. The van der Waals surface area contributed by atoms with Crippen molar-refractivity contribution in [2.24, 2.45) is 9.98 Å². The van der Waals surface area contributed by atoms with Gasteiger partial charge in [0.05, 0.1) is 27.8 Å². The highest BCUT2D eigenvalue weighted by Gasteiger charge is 2.23. The Bertz CT molecular complexity index is 3770. The van der Waals surface area contributed by atoms with Gasteiger partial charge in [-0.2, -0.15) is 0 Å². The van der Waals surface area contributed by atoms with Crippen molar-refractivity contribution in [1.82, 2.24) is 9.13 Å². The van der Waals surface area contributed by atoms with Crippen molar-refractivity contribution in [3.8, 4) is 44.8 Å².